The zero-order chi connectivity index (χ0) is 19.2. The molecule has 0 fully saturated rings. The number of aromatic nitrogens is 1. The molecule has 0 saturated carbocycles. The van der Waals surface area contributed by atoms with Gasteiger partial charge in [-0.05, 0) is 60.9 Å². The Labute approximate surface area is 159 Å². The smallest absolute Gasteiger partial charge is 0.224 e. The number of carbonyl (C=O) groups is 1. The van der Waals surface area contributed by atoms with Gasteiger partial charge in [-0.3, -0.25) is 4.79 Å². The van der Waals surface area contributed by atoms with Gasteiger partial charge in [-0.2, -0.15) is 0 Å². The summed E-state index contributed by atoms with van der Waals surface area (Å²) in [7, 11) is 0. The van der Waals surface area contributed by atoms with Gasteiger partial charge in [0.2, 0.25) is 5.91 Å². The summed E-state index contributed by atoms with van der Waals surface area (Å²) in [6.45, 7) is 4.21. The Morgan fingerprint density at radius 3 is 2.33 bits per heavy atom. The van der Waals surface area contributed by atoms with E-state index in [0.717, 1.165) is 34.6 Å². The van der Waals surface area contributed by atoms with Crippen LogP contribution in [0.4, 0.5) is 10.1 Å². The van der Waals surface area contributed by atoms with Crippen molar-refractivity contribution in [3.8, 4) is 22.5 Å². The summed E-state index contributed by atoms with van der Waals surface area (Å²) < 4.78 is 13.1. The lowest BCUT2D eigenvalue weighted by Crippen LogP contribution is -2.12. The molecule has 1 N–H and O–H groups in total. The molecule has 1 aromatic heterocycles. The molecule has 3 aromatic rings. The van der Waals surface area contributed by atoms with Crippen molar-refractivity contribution in [3.05, 3.63) is 72.5 Å². The van der Waals surface area contributed by atoms with Gasteiger partial charge < -0.3 is 5.32 Å². The molecule has 138 valence electrons. The highest BCUT2D eigenvalue weighted by atomic mass is 19.1. The molecule has 2 aromatic carbocycles. The third kappa shape index (κ3) is 5.23. The van der Waals surface area contributed by atoms with Gasteiger partial charge in [0, 0.05) is 23.2 Å². The van der Waals surface area contributed by atoms with Crippen LogP contribution in [-0.2, 0) is 4.79 Å². The highest BCUT2D eigenvalue weighted by Crippen LogP contribution is 2.25. The Kier molecular flexibility index (Phi) is 5.97. The van der Waals surface area contributed by atoms with E-state index < -0.39 is 0 Å². The topological polar surface area (TPSA) is 42.0 Å². The molecule has 4 heteroatoms. The zero-order valence-corrected chi connectivity index (χ0v) is 15.6. The minimum absolute atomic E-state index is 0.0221. The number of hydrogen-bond donors (Lipinski definition) is 1. The van der Waals surface area contributed by atoms with E-state index in [0.29, 0.717) is 12.3 Å². The fourth-order valence-electron chi connectivity index (χ4n) is 2.78. The Bertz CT molecular complexity index is 920. The minimum atomic E-state index is -0.268. The van der Waals surface area contributed by atoms with Gasteiger partial charge in [0.25, 0.3) is 0 Å². The summed E-state index contributed by atoms with van der Waals surface area (Å²) in [5, 5.41) is 2.95. The third-order valence-electron chi connectivity index (χ3n) is 4.28. The Balaban J connectivity index is 1.79. The van der Waals surface area contributed by atoms with Gasteiger partial charge in [-0.25, -0.2) is 9.37 Å². The average Bonchev–Trinajstić information content (AvgIpc) is 2.67. The largest absolute Gasteiger partial charge is 0.326 e. The SMILES string of the molecule is CC(C)CCC(=O)Nc1cccc(-c2cccc(-c3ccc(F)cc3)n2)c1. The molecule has 0 aliphatic heterocycles. The lowest BCUT2D eigenvalue weighted by atomic mass is 10.1. The van der Waals surface area contributed by atoms with Gasteiger partial charge in [0.1, 0.15) is 5.82 Å². The van der Waals surface area contributed by atoms with Crippen molar-refractivity contribution in [2.24, 2.45) is 5.92 Å². The molecule has 0 atom stereocenters. The molecule has 0 unspecified atom stereocenters. The predicted octanol–water partition coefficient (Wildman–Crippen LogP) is 5.93. The zero-order valence-electron chi connectivity index (χ0n) is 15.6. The number of amides is 1. The maximum atomic E-state index is 13.1. The maximum absolute atomic E-state index is 13.1. The van der Waals surface area contributed by atoms with Crippen LogP contribution in [0.1, 0.15) is 26.7 Å². The first kappa shape index (κ1) is 18.8. The van der Waals surface area contributed by atoms with Crippen molar-refractivity contribution in [2.75, 3.05) is 5.32 Å². The van der Waals surface area contributed by atoms with Crippen LogP contribution in [0.2, 0.25) is 0 Å². The fourth-order valence-corrected chi connectivity index (χ4v) is 2.78. The Hall–Kier alpha value is -3.01. The summed E-state index contributed by atoms with van der Waals surface area (Å²) in [5.41, 5.74) is 4.11. The third-order valence-corrected chi connectivity index (χ3v) is 4.28. The van der Waals surface area contributed by atoms with Gasteiger partial charge in [0.05, 0.1) is 11.4 Å². The summed E-state index contributed by atoms with van der Waals surface area (Å²) in [6.07, 6.45) is 1.38. The second kappa shape index (κ2) is 8.58. The van der Waals surface area contributed by atoms with Crippen molar-refractivity contribution in [1.29, 1.82) is 0 Å². The molecule has 1 amide bonds. The molecule has 0 bridgehead atoms. The second-order valence-electron chi connectivity index (χ2n) is 6.98. The van der Waals surface area contributed by atoms with Crippen LogP contribution < -0.4 is 5.32 Å². The quantitative estimate of drug-likeness (QED) is 0.590. The van der Waals surface area contributed by atoms with Gasteiger partial charge in [0.15, 0.2) is 0 Å². The van der Waals surface area contributed by atoms with Crippen molar-refractivity contribution in [2.45, 2.75) is 26.7 Å². The van der Waals surface area contributed by atoms with Gasteiger partial charge in [-0.15, -0.1) is 0 Å². The van der Waals surface area contributed by atoms with E-state index in [1.165, 1.54) is 12.1 Å². The lowest BCUT2D eigenvalue weighted by molar-refractivity contribution is -0.116. The van der Waals surface area contributed by atoms with Crippen LogP contribution in [-0.4, -0.2) is 10.9 Å². The summed E-state index contributed by atoms with van der Waals surface area (Å²) >= 11 is 0. The first-order chi connectivity index (χ1) is 13.0. The Morgan fingerprint density at radius 2 is 1.63 bits per heavy atom. The highest BCUT2D eigenvalue weighted by Gasteiger charge is 2.07. The number of nitrogens with one attached hydrogen (secondary N) is 1. The summed E-state index contributed by atoms with van der Waals surface area (Å²) in [6, 6.07) is 19.7. The van der Waals surface area contributed by atoms with Crippen molar-refractivity contribution >= 4 is 11.6 Å². The number of pyridine rings is 1. The highest BCUT2D eigenvalue weighted by molar-refractivity contribution is 5.91. The maximum Gasteiger partial charge on any atom is 0.224 e. The minimum Gasteiger partial charge on any atom is -0.326 e. The first-order valence-corrected chi connectivity index (χ1v) is 9.14. The molecular weight excluding hydrogens is 339 g/mol. The number of hydrogen-bond acceptors (Lipinski definition) is 2. The van der Waals surface area contributed by atoms with E-state index >= 15 is 0 Å². The molecule has 0 aliphatic rings. The average molecular weight is 362 g/mol. The van der Waals surface area contributed by atoms with Crippen molar-refractivity contribution in [3.63, 3.8) is 0 Å². The van der Waals surface area contributed by atoms with Crippen molar-refractivity contribution < 1.29 is 9.18 Å². The van der Waals surface area contributed by atoms with E-state index in [2.05, 4.69) is 24.1 Å². The monoisotopic (exact) mass is 362 g/mol. The molecule has 1 heterocycles. The predicted molar refractivity (Wildman–Crippen MR) is 108 cm³/mol. The molecule has 3 rings (SSSR count). The molecule has 0 aliphatic carbocycles. The van der Waals surface area contributed by atoms with Crippen LogP contribution >= 0.6 is 0 Å². The number of anilines is 1. The number of nitrogens with zero attached hydrogens (tertiary/aromatic N) is 1. The van der Waals surface area contributed by atoms with E-state index in [1.807, 2.05) is 42.5 Å². The second-order valence-corrected chi connectivity index (χ2v) is 6.98. The van der Waals surface area contributed by atoms with Crippen LogP contribution in [0, 0.1) is 11.7 Å². The fraction of sp³-hybridized carbons (Fsp3) is 0.217. The molecule has 0 saturated heterocycles. The van der Waals surface area contributed by atoms with E-state index in [-0.39, 0.29) is 11.7 Å². The number of halogens is 1. The molecule has 0 radical (unpaired) electrons. The molecule has 27 heavy (non-hydrogen) atoms. The van der Waals surface area contributed by atoms with Gasteiger partial charge >= 0.3 is 0 Å². The summed E-state index contributed by atoms with van der Waals surface area (Å²) in [5.74, 6) is 0.255. The molecule has 3 nitrogen and oxygen atoms in total. The van der Waals surface area contributed by atoms with Crippen molar-refractivity contribution in [1.82, 2.24) is 4.98 Å². The number of carbonyl (C=O) groups excluding carboxylic acids is 1. The van der Waals surface area contributed by atoms with Crippen LogP contribution in [0.15, 0.2) is 66.7 Å². The summed E-state index contributed by atoms with van der Waals surface area (Å²) in [4.78, 5) is 16.8. The number of benzene rings is 2. The van der Waals surface area contributed by atoms with E-state index in [1.54, 1.807) is 12.1 Å². The molecule has 0 spiro atoms. The van der Waals surface area contributed by atoms with Crippen LogP contribution in [0.3, 0.4) is 0 Å². The molecular formula is C23H23FN2O. The van der Waals surface area contributed by atoms with Crippen LogP contribution in [0.25, 0.3) is 22.5 Å². The van der Waals surface area contributed by atoms with E-state index in [9.17, 15) is 9.18 Å². The number of rotatable bonds is 6. The van der Waals surface area contributed by atoms with Gasteiger partial charge in [-0.1, -0.05) is 32.0 Å². The standard InChI is InChI=1S/C23H23FN2O/c1-16(2)9-14-23(27)25-20-6-3-5-18(15-20)22-8-4-7-21(26-22)17-10-12-19(24)13-11-17/h3-8,10-13,15-16H,9,14H2,1-2H3,(H,25,27). The van der Waals surface area contributed by atoms with Crippen LogP contribution in [0.5, 0.6) is 0 Å². The normalized spacial score (nSPS) is 10.8. The first-order valence-electron chi connectivity index (χ1n) is 9.14. The lowest BCUT2D eigenvalue weighted by Gasteiger charge is -2.09. The van der Waals surface area contributed by atoms with E-state index in [4.69, 9.17) is 0 Å². The Morgan fingerprint density at radius 1 is 0.963 bits per heavy atom.